The van der Waals surface area contributed by atoms with E-state index in [4.69, 9.17) is 5.26 Å². The van der Waals surface area contributed by atoms with Crippen molar-refractivity contribution in [2.24, 2.45) is 0 Å². The molecule has 1 amide bonds. The molecule has 0 saturated heterocycles. The van der Waals surface area contributed by atoms with Crippen LogP contribution < -0.4 is 10.9 Å². The van der Waals surface area contributed by atoms with Gasteiger partial charge < -0.3 is 9.88 Å². The summed E-state index contributed by atoms with van der Waals surface area (Å²) < 4.78 is 15.4. The van der Waals surface area contributed by atoms with E-state index in [1.807, 2.05) is 37.3 Å². The van der Waals surface area contributed by atoms with E-state index in [0.29, 0.717) is 6.54 Å². The normalized spacial score (nSPS) is 10.3. The molecule has 140 valence electrons. The van der Waals surface area contributed by atoms with Gasteiger partial charge in [0.05, 0.1) is 18.2 Å². The van der Waals surface area contributed by atoms with Crippen LogP contribution in [0.4, 0.5) is 4.39 Å². The highest BCUT2D eigenvalue weighted by Gasteiger charge is 2.13. The summed E-state index contributed by atoms with van der Waals surface area (Å²) in [5.41, 5.74) is 2.06. The minimum absolute atomic E-state index is 0.00999. The van der Waals surface area contributed by atoms with Crippen LogP contribution in [0.5, 0.6) is 0 Å². The van der Waals surface area contributed by atoms with Crippen molar-refractivity contribution in [3.63, 3.8) is 0 Å². The molecule has 0 bridgehead atoms. The van der Waals surface area contributed by atoms with Crippen LogP contribution in [0, 0.1) is 24.1 Å². The molecule has 6 heteroatoms. The molecule has 0 aliphatic heterocycles. The number of rotatable bonds is 5. The number of aryl methyl sites for hydroxylation is 1. The van der Waals surface area contributed by atoms with E-state index in [1.54, 1.807) is 12.3 Å². The van der Waals surface area contributed by atoms with Gasteiger partial charge in [-0.3, -0.25) is 9.59 Å². The second-order valence-corrected chi connectivity index (χ2v) is 6.44. The summed E-state index contributed by atoms with van der Waals surface area (Å²) in [5.74, 6) is -1.16. The average Bonchev–Trinajstić information content (AvgIpc) is 2.68. The van der Waals surface area contributed by atoms with Crippen molar-refractivity contribution in [2.75, 3.05) is 0 Å². The zero-order chi connectivity index (χ0) is 20.1. The van der Waals surface area contributed by atoms with Gasteiger partial charge in [-0.15, -0.1) is 0 Å². The monoisotopic (exact) mass is 375 g/mol. The van der Waals surface area contributed by atoms with Crippen molar-refractivity contribution in [1.82, 2.24) is 9.88 Å². The number of aromatic nitrogens is 1. The van der Waals surface area contributed by atoms with Gasteiger partial charge in [0, 0.05) is 18.3 Å². The van der Waals surface area contributed by atoms with Gasteiger partial charge in [-0.2, -0.15) is 5.26 Å². The summed E-state index contributed by atoms with van der Waals surface area (Å²) in [4.78, 5) is 25.1. The van der Waals surface area contributed by atoms with Crippen LogP contribution >= 0.6 is 0 Å². The van der Waals surface area contributed by atoms with Gasteiger partial charge in [0.25, 0.3) is 11.5 Å². The molecule has 5 nitrogen and oxygen atoms in total. The Hall–Kier alpha value is -3.72. The lowest BCUT2D eigenvalue weighted by atomic mass is 10.1. The number of carbonyl (C=O) groups is 1. The molecule has 28 heavy (non-hydrogen) atoms. The highest BCUT2D eigenvalue weighted by atomic mass is 19.1. The Balaban J connectivity index is 1.75. The molecule has 1 N–H and O–H groups in total. The SMILES string of the molecule is Cc1cccc(Cn2cccc(C(=O)NCc3ccc(C#N)cc3F)c2=O)c1. The third-order valence-electron chi connectivity index (χ3n) is 4.32. The van der Waals surface area contributed by atoms with Crippen LogP contribution in [-0.2, 0) is 13.1 Å². The van der Waals surface area contributed by atoms with Gasteiger partial charge >= 0.3 is 0 Å². The van der Waals surface area contributed by atoms with Gasteiger partial charge in [0.15, 0.2) is 0 Å². The Kier molecular flexibility index (Phi) is 5.66. The Morgan fingerprint density at radius 3 is 2.71 bits per heavy atom. The molecule has 2 aromatic carbocycles. The largest absolute Gasteiger partial charge is 0.348 e. The predicted octanol–water partition coefficient (Wildman–Crippen LogP) is 3.15. The highest BCUT2D eigenvalue weighted by molar-refractivity contribution is 5.93. The number of nitrogens with zero attached hydrogens (tertiary/aromatic N) is 2. The van der Waals surface area contributed by atoms with E-state index in [-0.39, 0.29) is 23.2 Å². The third-order valence-corrected chi connectivity index (χ3v) is 4.32. The molecule has 0 saturated carbocycles. The van der Waals surface area contributed by atoms with E-state index in [9.17, 15) is 14.0 Å². The van der Waals surface area contributed by atoms with Crippen LogP contribution in [0.2, 0.25) is 0 Å². The third kappa shape index (κ3) is 4.33. The van der Waals surface area contributed by atoms with Crippen molar-refractivity contribution < 1.29 is 9.18 Å². The van der Waals surface area contributed by atoms with E-state index in [2.05, 4.69) is 5.32 Å². The highest BCUT2D eigenvalue weighted by Crippen LogP contribution is 2.10. The van der Waals surface area contributed by atoms with E-state index in [0.717, 1.165) is 17.2 Å². The molecule has 0 aliphatic rings. The average molecular weight is 375 g/mol. The number of amides is 1. The minimum Gasteiger partial charge on any atom is -0.348 e. The first-order valence-corrected chi connectivity index (χ1v) is 8.69. The van der Waals surface area contributed by atoms with Crippen LogP contribution in [0.1, 0.15) is 32.6 Å². The molecule has 0 radical (unpaired) electrons. The van der Waals surface area contributed by atoms with Crippen LogP contribution in [0.15, 0.2) is 65.6 Å². The lowest BCUT2D eigenvalue weighted by molar-refractivity contribution is 0.0948. The molecule has 1 aromatic heterocycles. The fourth-order valence-corrected chi connectivity index (χ4v) is 2.87. The minimum atomic E-state index is -0.579. The van der Waals surface area contributed by atoms with Crippen molar-refractivity contribution in [2.45, 2.75) is 20.0 Å². The lowest BCUT2D eigenvalue weighted by Gasteiger charge is -2.10. The zero-order valence-corrected chi connectivity index (χ0v) is 15.3. The van der Waals surface area contributed by atoms with Gasteiger partial charge in [0.1, 0.15) is 11.4 Å². The van der Waals surface area contributed by atoms with E-state index >= 15 is 0 Å². The predicted molar refractivity (Wildman–Crippen MR) is 103 cm³/mol. The molecular formula is C22H18FN3O2. The standard InChI is InChI=1S/C22H18FN3O2/c1-15-4-2-5-17(10-15)14-26-9-3-6-19(22(26)28)21(27)25-13-18-8-7-16(12-24)11-20(18)23/h2-11H,13-14H2,1H3,(H,25,27). The number of halogens is 1. The summed E-state index contributed by atoms with van der Waals surface area (Å²) in [5, 5.41) is 11.3. The quantitative estimate of drug-likeness (QED) is 0.744. The first kappa shape index (κ1) is 19.1. The van der Waals surface area contributed by atoms with Crippen molar-refractivity contribution >= 4 is 5.91 Å². The second kappa shape index (κ2) is 8.31. The van der Waals surface area contributed by atoms with Gasteiger partial charge in [-0.25, -0.2) is 4.39 Å². The van der Waals surface area contributed by atoms with E-state index in [1.165, 1.54) is 22.8 Å². The number of nitriles is 1. The van der Waals surface area contributed by atoms with Crippen molar-refractivity contribution in [1.29, 1.82) is 5.26 Å². The Bertz CT molecular complexity index is 1130. The Morgan fingerprint density at radius 2 is 2.00 bits per heavy atom. The smallest absolute Gasteiger partial charge is 0.263 e. The molecule has 0 atom stereocenters. The van der Waals surface area contributed by atoms with Crippen molar-refractivity contribution in [3.8, 4) is 6.07 Å². The molecular weight excluding hydrogens is 357 g/mol. The maximum absolute atomic E-state index is 13.9. The van der Waals surface area contributed by atoms with Gasteiger partial charge in [-0.1, -0.05) is 35.9 Å². The summed E-state index contributed by atoms with van der Waals surface area (Å²) in [6.07, 6.45) is 1.63. The maximum atomic E-state index is 13.9. The number of benzene rings is 2. The molecule has 0 aliphatic carbocycles. The summed E-state index contributed by atoms with van der Waals surface area (Å²) in [6.45, 7) is 2.24. The molecule has 0 unspecified atom stereocenters. The number of hydrogen-bond acceptors (Lipinski definition) is 3. The molecule has 3 aromatic rings. The van der Waals surface area contributed by atoms with Gasteiger partial charge in [0.2, 0.25) is 0 Å². The number of carbonyl (C=O) groups excluding carboxylic acids is 1. The fourth-order valence-electron chi connectivity index (χ4n) is 2.87. The summed E-state index contributed by atoms with van der Waals surface area (Å²) in [7, 11) is 0. The molecule has 3 rings (SSSR count). The zero-order valence-electron chi connectivity index (χ0n) is 15.3. The van der Waals surface area contributed by atoms with Crippen molar-refractivity contribution in [3.05, 3.63) is 105 Å². The van der Waals surface area contributed by atoms with E-state index < -0.39 is 17.3 Å². The topological polar surface area (TPSA) is 74.9 Å². The summed E-state index contributed by atoms with van der Waals surface area (Å²) in [6, 6.07) is 16.7. The number of pyridine rings is 1. The number of hydrogen-bond donors (Lipinski definition) is 1. The molecule has 0 spiro atoms. The maximum Gasteiger partial charge on any atom is 0.263 e. The lowest BCUT2D eigenvalue weighted by Crippen LogP contribution is -2.32. The second-order valence-electron chi connectivity index (χ2n) is 6.44. The first-order chi connectivity index (χ1) is 13.5. The van der Waals surface area contributed by atoms with Crippen LogP contribution in [0.3, 0.4) is 0 Å². The van der Waals surface area contributed by atoms with Gasteiger partial charge in [-0.05, 0) is 36.8 Å². The van der Waals surface area contributed by atoms with Crippen LogP contribution in [-0.4, -0.2) is 10.5 Å². The first-order valence-electron chi connectivity index (χ1n) is 8.69. The van der Waals surface area contributed by atoms with Crippen LogP contribution in [0.25, 0.3) is 0 Å². The Labute approximate surface area is 161 Å². The number of nitrogens with one attached hydrogen (secondary N) is 1. The molecule has 0 fully saturated rings. The Morgan fingerprint density at radius 1 is 1.18 bits per heavy atom. The molecule has 1 heterocycles. The summed E-state index contributed by atoms with van der Waals surface area (Å²) >= 11 is 0. The fraction of sp³-hybridized carbons (Fsp3) is 0.136.